The molecule has 0 aliphatic carbocycles. The van der Waals surface area contributed by atoms with Crippen LogP contribution in [0, 0.1) is 36.5 Å². The summed E-state index contributed by atoms with van der Waals surface area (Å²) in [6.07, 6.45) is 0.118. The lowest BCUT2D eigenvalue weighted by Crippen LogP contribution is -2.35. The van der Waals surface area contributed by atoms with Crippen molar-refractivity contribution in [3.05, 3.63) is 52.6 Å². The summed E-state index contributed by atoms with van der Waals surface area (Å²) in [6, 6.07) is 14.3. The quantitative estimate of drug-likeness (QED) is 0.799. The van der Waals surface area contributed by atoms with Crippen LogP contribution < -0.4 is 9.80 Å². The highest BCUT2D eigenvalue weighted by Gasteiger charge is 2.32. The Morgan fingerprint density at radius 3 is 2.09 bits per heavy atom. The van der Waals surface area contributed by atoms with Crippen molar-refractivity contribution in [2.45, 2.75) is 26.9 Å². The van der Waals surface area contributed by atoms with E-state index in [1.165, 1.54) is 11.1 Å². The van der Waals surface area contributed by atoms with E-state index in [9.17, 15) is 10.5 Å². The minimum atomic E-state index is 0.118. The summed E-state index contributed by atoms with van der Waals surface area (Å²) >= 11 is 0. The van der Waals surface area contributed by atoms with Crippen LogP contribution in [-0.2, 0) is 0 Å². The van der Waals surface area contributed by atoms with Crippen LogP contribution in [-0.4, -0.2) is 13.2 Å². The van der Waals surface area contributed by atoms with Crippen molar-refractivity contribution in [2.75, 3.05) is 16.8 Å². The van der Waals surface area contributed by atoms with E-state index in [-0.39, 0.29) is 6.17 Å². The fourth-order valence-electron chi connectivity index (χ4n) is 3.04. The molecule has 2 aromatic rings. The summed E-state index contributed by atoms with van der Waals surface area (Å²) in [5.41, 5.74) is 6.38. The van der Waals surface area contributed by atoms with E-state index in [4.69, 9.17) is 0 Å². The van der Waals surface area contributed by atoms with Gasteiger partial charge in [-0.25, -0.2) is 0 Å². The van der Waals surface area contributed by atoms with Gasteiger partial charge >= 0.3 is 0 Å². The van der Waals surface area contributed by atoms with Gasteiger partial charge in [0, 0.05) is 12.7 Å². The van der Waals surface area contributed by atoms with Crippen LogP contribution in [0.2, 0.25) is 0 Å². The van der Waals surface area contributed by atoms with Gasteiger partial charge in [-0.05, 0) is 56.2 Å². The van der Waals surface area contributed by atoms with Gasteiger partial charge in [-0.15, -0.1) is 0 Å². The molecule has 1 aliphatic rings. The highest BCUT2D eigenvalue weighted by Crippen LogP contribution is 2.44. The van der Waals surface area contributed by atoms with Gasteiger partial charge in [-0.2, -0.15) is 10.5 Å². The SMILES string of the molecule is Cc1ccc(N2c3cc(C#N)c(C#N)cc3N(C)[C@@H]2C)cc1C. The van der Waals surface area contributed by atoms with Gasteiger partial charge in [0.15, 0.2) is 0 Å². The van der Waals surface area contributed by atoms with Crippen molar-refractivity contribution >= 4 is 17.1 Å². The monoisotopic (exact) mass is 302 g/mol. The molecule has 0 saturated heterocycles. The van der Waals surface area contributed by atoms with Crippen LogP contribution >= 0.6 is 0 Å². The summed E-state index contributed by atoms with van der Waals surface area (Å²) in [6.45, 7) is 6.32. The van der Waals surface area contributed by atoms with Gasteiger partial charge in [0.1, 0.15) is 18.3 Å². The Morgan fingerprint density at radius 2 is 1.52 bits per heavy atom. The van der Waals surface area contributed by atoms with Crippen LogP contribution in [0.5, 0.6) is 0 Å². The molecule has 4 nitrogen and oxygen atoms in total. The molecule has 2 aromatic carbocycles. The van der Waals surface area contributed by atoms with Crippen LogP contribution in [0.25, 0.3) is 0 Å². The molecule has 114 valence electrons. The Balaban J connectivity index is 2.21. The van der Waals surface area contributed by atoms with E-state index in [0.29, 0.717) is 11.1 Å². The lowest BCUT2D eigenvalue weighted by molar-refractivity contribution is 0.734. The fourth-order valence-corrected chi connectivity index (χ4v) is 3.04. The zero-order valence-electron chi connectivity index (χ0n) is 13.8. The summed E-state index contributed by atoms with van der Waals surface area (Å²) in [7, 11) is 2.01. The second kappa shape index (κ2) is 5.34. The lowest BCUT2D eigenvalue weighted by atomic mass is 10.1. The highest BCUT2D eigenvalue weighted by atomic mass is 15.4. The summed E-state index contributed by atoms with van der Waals surface area (Å²) in [5.74, 6) is 0. The first-order valence-corrected chi connectivity index (χ1v) is 7.55. The van der Waals surface area contributed by atoms with Crippen LogP contribution in [0.15, 0.2) is 30.3 Å². The van der Waals surface area contributed by atoms with Gasteiger partial charge in [0.25, 0.3) is 0 Å². The van der Waals surface area contributed by atoms with Gasteiger partial charge in [0.05, 0.1) is 22.5 Å². The first-order chi connectivity index (χ1) is 11.0. The summed E-state index contributed by atoms with van der Waals surface area (Å²) in [4.78, 5) is 4.34. The Bertz CT molecular complexity index is 870. The molecule has 0 aromatic heterocycles. The molecule has 0 amide bonds. The highest BCUT2D eigenvalue weighted by molar-refractivity contribution is 5.86. The summed E-state index contributed by atoms with van der Waals surface area (Å²) in [5, 5.41) is 18.6. The first kappa shape index (κ1) is 14.9. The molecule has 0 spiro atoms. The number of hydrogen-bond acceptors (Lipinski definition) is 4. The second-order valence-electron chi connectivity index (χ2n) is 5.99. The van der Waals surface area contributed by atoms with Crippen molar-refractivity contribution in [2.24, 2.45) is 0 Å². The predicted molar refractivity (Wildman–Crippen MR) is 91.8 cm³/mol. The van der Waals surface area contributed by atoms with E-state index in [0.717, 1.165) is 17.1 Å². The van der Waals surface area contributed by atoms with E-state index in [2.05, 4.69) is 60.9 Å². The summed E-state index contributed by atoms with van der Waals surface area (Å²) < 4.78 is 0. The second-order valence-corrected chi connectivity index (χ2v) is 5.99. The van der Waals surface area contributed by atoms with Gasteiger partial charge in [0.2, 0.25) is 0 Å². The van der Waals surface area contributed by atoms with Crippen molar-refractivity contribution < 1.29 is 0 Å². The van der Waals surface area contributed by atoms with Gasteiger partial charge in [-0.1, -0.05) is 6.07 Å². The van der Waals surface area contributed by atoms with Gasteiger partial charge < -0.3 is 9.80 Å². The maximum atomic E-state index is 9.32. The fraction of sp³-hybridized carbons (Fsp3) is 0.263. The molecule has 1 aliphatic heterocycles. The normalized spacial score (nSPS) is 16.0. The Kier molecular flexibility index (Phi) is 3.47. The van der Waals surface area contributed by atoms with Crippen molar-refractivity contribution in [3.63, 3.8) is 0 Å². The number of nitriles is 2. The molecule has 0 radical (unpaired) electrons. The zero-order valence-corrected chi connectivity index (χ0v) is 13.8. The minimum absolute atomic E-state index is 0.118. The largest absolute Gasteiger partial charge is 0.352 e. The van der Waals surface area contributed by atoms with Gasteiger partial charge in [-0.3, -0.25) is 0 Å². The molecule has 0 fully saturated rings. The average molecular weight is 302 g/mol. The number of hydrogen-bond donors (Lipinski definition) is 0. The third-order valence-electron chi connectivity index (χ3n) is 4.70. The number of benzene rings is 2. The van der Waals surface area contributed by atoms with E-state index >= 15 is 0 Å². The number of rotatable bonds is 1. The number of aryl methyl sites for hydroxylation is 2. The topological polar surface area (TPSA) is 54.1 Å². The minimum Gasteiger partial charge on any atom is -0.352 e. The van der Waals surface area contributed by atoms with Crippen molar-refractivity contribution in [1.29, 1.82) is 10.5 Å². The Hall–Kier alpha value is -2.98. The number of fused-ring (bicyclic) bond motifs is 1. The molecule has 1 heterocycles. The lowest BCUT2D eigenvalue weighted by Gasteiger charge is -2.28. The molecule has 1 atom stereocenters. The smallest absolute Gasteiger partial charge is 0.103 e. The number of nitrogens with zero attached hydrogens (tertiary/aromatic N) is 4. The molecular formula is C19H18N4. The third-order valence-corrected chi connectivity index (χ3v) is 4.70. The Morgan fingerprint density at radius 1 is 0.913 bits per heavy atom. The van der Waals surface area contributed by atoms with Crippen molar-refractivity contribution in [1.82, 2.24) is 0 Å². The molecule has 0 N–H and O–H groups in total. The van der Waals surface area contributed by atoms with E-state index in [1.807, 2.05) is 19.2 Å². The van der Waals surface area contributed by atoms with E-state index < -0.39 is 0 Å². The Labute approximate surface area is 136 Å². The molecule has 0 saturated carbocycles. The zero-order chi connectivity index (χ0) is 16.7. The van der Waals surface area contributed by atoms with Crippen LogP contribution in [0.3, 0.4) is 0 Å². The maximum absolute atomic E-state index is 9.32. The molecule has 3 rings (SSSR count). The third kappa shape index (κ3) is 2.20. The van der Waals surface area contributed by atoms with Crippen LogP contribution in [0.1, 0.15) is 29.2 Å². The molecular weight excluding hydrogens is 284 g/mol. The predicted octanol–water partition coefficient (Wildman–Crippen LogP) is 3.98. The number of anilines is 3. The molecule has 23 heavy (non-hydrogen) atoms. The van der Waals surface area contributed by atoms with Crippen molar-refractivity contribution in [3.8, 4) is 12.1 Å². The maximum Gasteiger partial charge on any atom is 0.103 e. The average Bonchev–Trinajstić information content (AvgIpc) is 2.80. The standard InChI is InChI=1S/C19H18N4/c1-12-5-6-17(7-13(12)2)23-14(3)22(4)18-8-15(10-20)16(11-21)9-19(18)23/h5-9,14H,1-4H3/t14-/m0/s1. The molecule has 0 bridgehead atoms. The molecule has 0 unspecified atom stereocenters. The first-order valence-electron chi connectivity index (χ1n) is 7.55. The molecule has 4 heteroatoms. The van der Waals surface area contributed by atoms with Crippen LogP contribution in [0.4, 0.5) is 17.1 Å². The van der Waals surface area contributed by atoms with E-state index in [1.54, 1.807) is 0 Å².